The molecule has 10 heteroatoms. The van der Waals surface area contributed by atoms with Gasteiger partial charge >= 0.3 is 5.97 Å². The lowest BCUT2D eigenvalue weighted by Gasteiger charge is -2.08. The normalized spacial score (nSPS) is 10.6. The predicted molar refractivity (Wildman–Crippen MR) is 103 cm³/mol. The van der Waals surface area contributed by atoms with Crippen LogP contribution in [0.3, 0.4) is 0 Å². The number of ketones is 1. The molecule has 0 unspecified atom stereocenters. The zero-order chi connectivity index (χ0) is 21.1. The summed E-state index contributed by atoms with van der Waals surface area (Å²) in [6.07, 6.45) is -0.132. The molecule has 0 atom stereocenters. The molecule has 0 spiro atoms. The van der Waals surface area contributed by atoms with Gasteiger partial charge in [0, 0.05) is 18.3 Å². The first-order valence-electron chi connectivity index (χ1n) is 8.77. The summed E-state index contributed by atoms with van der Waals surface area (Å²) in [7, 11) is 1.25. The van der Waals surface area contributed by atoms with Crippen molar-refractivity contribution in [1.82, 2.24) is 25.2 Å². The molecule has 2 aromatic heterocycles. The maximum atomic E-state index is 12.6. The molecule has 0 radical (unpaired) electrons. The molecule has 0 saturated heterocycles. The number of benzene rings is 1. The number of carbonyl (C=O) groups excluding carboxylic acids is 3. The van der Waals surface area contributed by atoms with Gasteiger partial charge in [0.1, 0.15) is 0 Å². The molecular formula is C19H20N6O4. The summed E-state index contributed by atoms with van der Waals surface area (Å²) < 4.78 is 6.34. The van der Waals surface area contributed by atoms with E-state index in [9.17, 15) is 14.4 Å². The Morgan fingerprint density at radius 2 is 2.00 bits per heavy atom. The second-order valence-corrected chi connectivity index (χ2v) is 6.44. The smallest absolute Gasteiger partial charge is 0.339 e. The number of aromatic nitrogens is 5. The van der Waals surface area contributed by atoms with Crippen LogP contribution in [0.15, 0.2) is 24.3 Å². The molecule has 2 heterocycles. The number of Topliss-reactive ketones (excluding diaryl/α,β-unsaturated/α-hetero) is 1. The van der Waals surface area contributed by atoms with Gasteiger partial charge in [-0.1, -0.05) is 6.07 Å². The van der Waals surface area contributed by atoms with E-state index in [1.807, 2.05) is 6.07 Å². The molecular weight excluding hydrogens is 376 g/mol. The maximum Gasteiger partial charge on any atom is 0.339 e. The summed E-state index contributed by atoms with van der Waals surface area (Å²) in [6, 6.07) is 7.02. The number of amides is 1. The molecule has 2 N–H and O–H groups in total. The molecule has 0 bridgehead atoms. The van der Waals surface area contributed by atoms with Gasteiger partial charge in [-0.3, -0.25) is 9.59 Å². The number of esters is 1. The Morgan fingerprint density at radius 3 is 2.62 bits per heavy atom. The van der Waals surface area contributed by atoms with Gasteiger partial charge in [-0.15, -0.1) is 5.10 Å². The highest BCUT2D eigenvalue weighted by atomic mass is 16.5. The van der Waals surface area contributed by atoms with Crippen LogP contribution in [0.2, 0.25) is 0 Å². The summed E-state index contributed by atoms with van der Waals surface area (Å²) in [6.45, 7) is 4.79. The van der Waals surface area contributed by atoms with Crippen LogP contribution in [0.1, 0.15) is 44.9 Å². The molecule has 0 aliphatic heterocycles. The van der Waals surface area contributed by atoms with Crippen LogP contribution >= 0.6 is 0 Å². The standard InChI is InChI=1S/C19H20N6O4/c1-10-17(19(28)29-4)15(21-18(10)11(2)26)9-16(27)20-13-6-5-7-14(8-13)25-12(3)22-23-24-25/h5-8,21H,9H2,1-4H3,(H,20,27). The largest absolute Gasteiger partial charge is 0.465 e. The molecule has 0 saturated carbocycles. The second-order valence-electron chi connectivity index (χ2n) is 6.44. The summed E-state index contributed by atoms with van der Waals surface area (Å²) in [5.74, 6) is -0.596. The molecule has 3 rings (SSSR count). The highest BCUT2D eigenvalue weighted by Crippen LogP contribution is 2.21. The number of aryl methyl sites for hydroxylation is 1. The number of rotatable bonds is 6. The van der Waals surface area contributed by atoms with E-state index in [0.29, 0.717) is 28.5 Å². The minimum absolute atomic E-state index is 0.132. The monoisotopic (exact) mass is 396 g/mol. The zero-order valence-corrected chi connectivity index (χ0v) is 16.4. The summed E-state index contributed by atoms with van der Waals surface area (Å²) in [5, 5.41) is 14.1. The first-order chi connectivity index (χ1) is 13.8. The first kappa shape index (κ1) is 19.9. The van der Waals surface area contributed by atoms with Crippen molar-refractivity contribution in [3.05, 3.63) is 52.6 Å². The molecule has 0 fully saturated rings. The van der Waals surface area contributed by atoms with Crippen LogP contribution in [0, 0.1) is 13.8 Å². The third-order valence-electron chi connectivity index (χ3n) is 4.41. The number of H-pyrrole nitrogens is 1. The van der Waals surface area contributed by atoms with Crippen LogP contribution in [0.4, 0.5) is 5.69 Å². The Balaban J connectivity index is 1.83. The van der Waals surface area contributed by atoms with E-state index in [1.54, 1.807) is 36.7 Å². The van der Waals surface area contributed by atoms with Gasteiger partial charge in [0.25, 0.3) is 0 Å². The van der Waals surface area contributed by atoms with Crippen molar-refractivity contribution in [1.29, 1.82) is 0 Å². The second kappa shape index (κ2) is 8.05. The van der Waals surface area contributed by atoms with Gasteiger partial charge in [0.15, 0.2) is 11.6 Å². The van der Waals surface area contributed by atoms with E-state index in [2.05, 4.69) is 25.8 Å². The minimum Gasteiger partial charge on any atom is -0.465 e. The van der Waals surface area contributed by atoms with Crippen LogP contribution in [0.5, 0.6) is 0 Å². The molecule has 0 aliphatic carbocycles. The van der Waals surface area contributed by atoms with E-state index in [-0.39, 0.29) is 29.4 Å². The Bertz CT molecular complexity index is 1100. The predicted octanol–water partition coefficient (Wildman–Crippen LogP) is 1.78. The van der Waals surface area contributed by atoms with E-state index < -0.39 is 5.97 Å². The molecule has 3 aromatic rings. The van der Waals surface area contributed by atoms with Crippen LogP contribution in [-0.2, 0) is 16.0 Å². The number of tetrazole rings is 1. The number of ether oxygens (including phenoxy) is 1. The molecule has 29 heavy (non-hydrogen) atoms. The summed E-state index contributed by atoms with van der Waals surface area (Å²) >= 11 is 0. The van der Waals surface area contributed by atoms with Gasteiger partial charge < -0.3 is 15.0 Å². The molecule has 1 amide bonds. The SMILES string of the molecule is COC(=O)c1c(CC(=O)Nc2cccc(-n3nnnc3C)c2)[nH]c(C(C)=O)c1C. The number of nitrogens with zero attached hydrogens (tertiary/aromatic N) is 4. The number of aromatic amines is 1. The van der Waals surface area contributed by atoms with Gasteiger partial charge in [0.05, 0.1) is 30.5 Å². The Morgan fingerprint density at radius 1 is 1.24 bits per heavy atom. The fourth-order valence-electron chi connectivity index (χ4n) is 3.07. The molecule has 150 valence electrons. The lowest BCUT2D eigenvalue weighted by atomic mass is 10.1. The van der Waals surface area contributed by atoms with Crippen LogP contribution in [0.25, 0.3) is 5.69 Å². The number of carbonyl (C=O) groups is 3. The lowest BCUT2D eigenvalue weighted by Crippen LogP contribution is -2.17. The molecule has 0 aliphatic rings. The number of anilines is 1. The van der Waals surface area contributed by atoms with E-state index in [1.165, 1.54) is 14.0 Å². The highest BCUT2D eigenvalue weighted by molar-refractivity contribution is 6.02. The summed E-state index contributed by atoms with van der Waals surface area (Å²) in [4.78, 5) is 39.4. The fourth-order valence-corrected chi connectivity index (χ4v) is 3.07. The van der Waals surface area contributed by atoms with Crippen LogP contribution in [-0.4, -0.2) is 50.0 Å². The number of nitrogens with one attached hydrogen (secondary N) is 2. The average molecular weight is 396 g/mol. The van der Waals surface area contributed by atoms with Gasteiger partial charge in [-0.25, -0.2) is 4.79 Å². The molecule has 10 nitrogen and oxygen atoms in total. The average Bonchev–Trinajstić information content (AvgIpc) is 3.24. The Kier molecular flexibility index (Phi) is 5.53. The minimum atomic E-state index is -0.606. The van der Waals surface area contributed by atoms with Crippen molar-refractivity contribution in [2.45, 2.75) is 27.2 Å². The van der Waals surface area contributed by atoms with Crippen molar-refractivity contribution in [3.8, 4) is 5.69 Å². The van der Waals surface area contributed by atoms with Gasteiger partial charge in [-0.05, 0) is 48.0 Å². The highest BCUT2D eigenvalue weighted by Gasteiger charge is 2.24. The maximum absolute atomic E-state index is 12.6. The Labute approximate surface area is 166 Å². The van der Waals surface area contributed by atoms with Crippen molar-refractivity contribution in [2.24, 2.45) is 0 Å². The fraction of sp³-hybridized carbons (Fsp3) is 0.263. The number of hydrogen-bond donors (Lipinski definition) is 2. The van der Waals surface area contributed by atoms with E-state index in [4.69, 9.17) is 4.74 Å². The van der Waals surface area contributed by atoms with Crippen molar-refractivity contribution >= 4 is 23.3 Å². The van der Waals surface area contributed by atoms with Gasteiger partial charge in [0.2, 0.25) is 5.91 Å². The zero-order valence-electron chi connectivity index (χ0n) is 16.4. The van der Waals surface area contributed by atoms with Crippen molar-refractivity contribution in [2.75, 3.05) is 12.4 Å². The number of hydrogen-bond acceptors (Lipinski definition) is 7. The van der Waals surface area contributed by atoms with E-state index >= 15 is 0 Å². The Hall–Kier alpha value is -3.82. The van der Waals surface area contributed by atoms with E-state index in [0.717, 1.165) is 0 Å². The summed E-state index contributed by atoms with van der Waals surface area (Å²) in [5.41, 5.74) is 2.50. The third kappa shape index (κ3) is 4.05. The van der Waals surface area contributed by atoms with Crippen molar-refractivity contribution in [3.63, 3.8) is 0 Å². The van der Waals surface area contributed by atoms with Crippen LogP contribution < -0.4 is 5.32 Å². The third-order valence-corrected chi connectivity index (χ3v) is 4.41. The molecule has 1 aromatic carbocycles. The van der Waals surface area contributed by atoms with Gasteiger partial charge in [-0.2, -0.15) is 4.68 Å². The quantitative estimate of drug-likeness (QED) is 0.479. The first-order valence-corrected chi connectivity index (χ1v) is 8.77. The topological polar surface area (TPSA) is 132 Å². The lowest BCUT2D eigenvalue weighted by molar-refractivity contribution is -0.115. The van der Waals surface area contributed by atoms with Crippen molar-refractivity contribution < 1.29 is 19.1 Å². The number of methoxy groups -OCH3 is 1.